The van der Waals surface area contributed by atoms with Gasteiger partial charge in [0.25, 0.3) is 0 Å². The lowest BCUT2D eigenvalue weighted by molar-refractivity contribution is -0.167. The molecule has 0 heterocycles. The molecule has 0 bridgehead atoms. The number of carbonyl (C=O) groups is 3. The standard InChI is InChI=1S/C52H100O6/c1-6-8-9-10-11-20-27-32-37-42-50(53)56-45-49(46-57-51(54)43-38-33-28-23-19-18-22-26-31-36-41-48(5)7-2)58-52(55)44-39-34-29-24-17-15-13-12-14-16-21-25-30-35-40-47(3)4/h47-49H,6-46H2,1-5H3/t48?,49-/m0/s1. The Morgan fingerprint density at radius 1 is 0.362 bits per heavy atom. The van der Waals surface area contributed by atoms with Gasteiger partial charge in [0, 0.05) is 19.3 Å². The summed E-state index contributed by atoms with van der Waals surface area (Å²) in [5, 5.41) is 0. The molecule has 0 saturated heterocycles. The van der Waals surface area contributed by atoms with Crippen molar-refractivity contribution in [3.63, 3.8) is 0 Å². The summed E-state index contributed by atoms with van der Waals surface area (Å²) >= 11 is 0. The highest BCUT2D eigenvalue weighted by Gasteiger charge is 2.19. The Hall–Kier alpha value is -1.59. The van der Waals surface area contributed by atoms with E-state index in [1.165, 1.54) is 173 Å². The lowest BCUT2D eigenvalue weighted by Gasteiger charge is -2.18. The van der Waals surface area contributed by atoms with Crippen LogP contribution in [0.5, 0.6) is 0 Å². The maximum absolute atomic E-state index is 12.8. The van der Waals surface area contributed by atoms with Crippen molar-refractivity contribution in [2.45, 2.75) is 291 Å². The molecule has 0 aromatic rings. The van der Waals surface area contributed by atoms with Gasteiger partial charge in [-0.05, 0) is 31.1 Å². The first-order valence-corrected chi connectivity index (χ1v) is 25.8. The number of unbranched alkanes of at least 4 members (excludes halogenated alkanes) is 30. The van der Waals surface area contributed by atoms with E-state index in [4.69, 9.17) is 14.2 Å². The molecule has 6 nitrogen and oxygen atoms in total. The smallest absolute Gasteiger partial charge is 0.306 e. The summed E-state index contributed by atoms with van der Waals surface area (Å²) in [5.41, 5.74) is 0. The zero-order chi connectivity index (χ0) is 42.6. The molecule has 0 aliphatic heterocycles. The zero-order valence-corrected chi connectivity index (χ0v) is 39.7. The van der Waals surface area contributed by atoms with Gasteiger partial charge < -0.3 is 14.2 Å². The minimum absolute atomic E-state index is 0.0639. The minimum atomic E-state index is -0.761. The van der Waals surface area contributed by atoms with Gasteiger partial charge in [-0.3, -0.25) is 14.4 Å². The van der Waals surface area contributed by atoms with Gasteiger partial charge in [-0.2, -0.15) is 0 Å². The lowest BCUT2D eigenvalue weighted by Crippen LogP contribution is -2.30. The minimum Gasteiger partial charge on any atom is -0.462 e. The first-order valence-electron chi connectivity index (χ1n) is 25.8. The lowest BCUT2D eigenvalue weighted by atomic mass is 9.99. The number of esters is 3. The molecule has 6 heteroatoms. The van der Waals surface area contributed by atoms with E-state index in [-0.39, 0.29) is 31.1 Å². The van der Waals surface area contributed by atoms with Crippen LogP contribution in [-0.2, 0) is 28.6 Å². The summed E-state index contributed by atoms with van der Waals surface area (Å²) in [6.07, 6.45) is 45.1. The second-order valence-electron chi connectivity index (χ2n) is 18.5. The predicted octanol–water partition coefficient (Wildman–Crippen LogP) is 16.5. The van der Waals surface area contributed by atoms with Crippen LogP contribution in [0.1, 0.15) is 285 Å². The molecule has 0 spiro atoms. The third kappa shape index (κ3) is 44.0. The summed E-state index contributed by atoms with van der Waals surface area (Å²) in [5.74, 6) is 0.862. The number of hydrogen-bond acceptors (Lipinski definition) is 6. The van der Waals surface area contributed by atoms with Crippen LogP contribution < -0.4 is 0 Å². The van der Waals surface area contributed by atoms with E-state index in [0.717, 1.165) is 69.6 Å². The van der Waals surface area contributed by atoms with E-state index in [1.807, 2.05) is 0 Å². The molecule has 344 valence electrons. The Bertz CT molecular complexity index is 887. The third-order valence-corrected chi connectivity index (χ3v) is 12.1. The first kappa shape index (κ1) is 56.4. The van der Waals surface area contributed by atoms with Gasteiger partial charge >= 0.3 is 17.9 Å². The van der Waals surface area contributed by atoms with Crippen molar-refractivity contribution in [3.05, 3.63) is 0 Å². The van der Waals surface area contributed by atoms with Crippen LogP contribution in [0.25, 0.3) is 0 Å². The third-order valence-electron chi connectivity index (χ3n) is 12.1. The highest BCUT2D eigenvalue weighted by atomic mass is 16.6. The highest BCUT2D eigenvalue weighted by molar-refractivity contribution is 5.71. The van der Waals surface area contributed by atoms with Crippen molar-refractivity contribution in [2.75, 3.05) is 13.2 Å². The predicted molar refractivity (Wildman–Crippen MR) is 247 cm³/mol. The van der Waals surface area contributed by atoms with Gasteiger partial charge in [-0.1, -0.05) is 247 Å². The van der Waals surface area contributed by atoms with E-state index < -0.39 is 6.10 Å². The maximum atomic E-state index is 12.8. The average molecular weight is 821 g/mol. The molecule has 0 amide bonds. The van der Waals surface area contributed by atoms with Crippen molar-refractivity contribution in [1.29, 1.82) is 0 Å². The van der Waals surface area contributed by atoms with Crippen molar-refractivity contribution < 1.29 is 28.6 Å². The molecule has 0 aromatic heterocycles. The van der Waals surface area contributed by atoms with E-state index in [2.05, 4.69) is 34.6 Å². The number of hydrogen-bond donors (Lipinski definition) is 0. The normalized spacial score (nSPS) is 12.5. The number of ether oxygens (including phenoxy) is 3. The molecule has 0 aliphatic carbocycles. The van der Waals surface area contributed by atoms with Gasteiger partial charge in [0.1, 0.15) is 13.2 Å². The van der Waals surface area contributed by atoms with E-state index in [1.54, 1.807) is 0 Å². The summed E-state index contributed by atoms with van der Waals surface area (Å²) in [6.45, 7) is 11.4. The Morgan fingerprint density at radius 3 is 0.983 bits per heavy atom. The van der Waals surface area contributed by atoms with Crippen molar-refractivity contribution in [2.24, 2.45) is 11.8 Å². The van der Waals surface area contributed by atoms with Crippen LogP contribution in [0.2, 0.25) is 0 Å². The van der Waals surface area contributed by atoms with Crippen molar-refractivity contribution >= 4 is 17.9 Å². The van der Waals surface area contributed by atoms with Gasteiger partial charge in [-0.25, -0.2) is 0 Å². The molecule has 0 aromatic carbocycles. The summed E-state index contributed by atoms with van der Waals surface area (Å²) in [7, 11) is 0. The molecule has 1 unspecified atom stereocenters. The molecule has 0 rings (SSSR count). The van der Waals surface area contributed by atoms with Crippen molar-refractivity contribution in [1.82, 2.24) is 0 Å². The monoisotopic (exact) mass is 821 g/mol. The van der Waals surface area contributed by atoms with Crippen LogP contribution in [-0.4, -0.2) is 37.2 Å². The van der Waals surface area contributed by atoms with Gasteiger partial charge in [-0.15, -0.1) is 0 Å². The Kier molecular flexibility index (Phi) is 43.7. The second-order valence-corrected chi connectivity index (χ2v) is 18.5. The molecule has 0 fully saturated rings. The Balaban J connectivity index is 4.27. The van der Waals surface area contributed by atoms with E-state index in [9.17, 15) is 14.4 Å². The van der Waals surface area contributed by atoms with Crippen LogP contribution in [0.4, 0.5) is 0 Å². The van der Waals surface area contributed by atoms with E-state index >= 15 is 0 Å². The van der Waals surface area contributed by atoms with Crippen LogP contribution >= 0.6 is 0 Å². The van der Waals surface area contributed by atoms with Gasteiger partial charge in [0.15, 0.2) is 6.10 Å². The largest absolute Gasteiger partial charge is 0.462 e. The number of carbonyl (C=O) groups excluding carboxylic acids is 3. The average Bonchev–Trinajstić information content (AvgIpc) is 3.21. The fourth-order valence-electron chi connectivity index (χ4n) is 7.78. The molecule has 0 radical (unpaired) electrons. The van der Waals surface area contributed by atoms with Crippen LogP contribution in [0.15, 0.2) is 0 Å². The summed E-state index contributed by atoms with van der Waals surface area (Å²) in [4.78, 5) is 37.9. The molecular formula is C52H100O6. The molecule has 0 N–H and O–H groups in total. The van der Waals surface area contributed by atoms with Crippen LogP contribution in [0, 0.1) is 11.8 Å². The Labute approximate surface area is 361 Å². The topological polar surface area (TPSA) is 78.9 Å². The Morgan fingerprint density at radius 2 is 0.655 bits per heavy atom. The zero-order valence-electron chi connectivity index (χ0n) is 39.7. The first-order chi connectivity index (χ1) is 28.3. The van der Waals surface area contributed by atoms with Gasteiger partial charge in [0.05, 0.1) is 0 Å². The highest BCUT2D eigenvalue weighted by Crippen LogP contribution is 2.18. The second kappa shape index (κ2) is 44.9. The SMILES string of the molecule is CCCCCCCCCCCC(=O)OC[C@@H](COC(=O)CCCCCCCCCCCCC(C)CC)OC(=O)CCCCCCCCCCCCCCCCC(C)C. The fraction of sp³-hybridized carbons (Fsp3) is 0.942. The summed E-state index contributed by atoms with van der Waals surface area (Å²) < 4.78 is 16.8. The number of rotatable bonds is 46. The van der Waals surface area contributed by atoms with E-state index in [0.29, 0.717) is 19.3 Å². The molecule has 2 atom stereocenters. The molecule has 58 heavy (non-hydrogen) atoms. The fourth-order valence-corrected chi connectivity index (χ4v) is 7.78. The molecular weight excluding hydrogens is 721 g/mol. The molecule has 0 aliphatic rings. The van der Waals surface area contributed by atoms with Gasteiger partial charge in [0.2, 0.25) is 0 Å². The maximum Gasteiger partial charge on any atom is 0.306 e. The molecule has 0 saturated carbocycles. The van der Waals surface area contributed by atoms with Crippen LogP contribution in [0.3, 0.4) is 0 Å². The van der Waals surface area contributed by atoms with Crippen molar-refractivity contribution in [3.8, 4) is 0 Å². The summed E-state index contributed by atoms with van der Waals surface area (Å²) in [6, 6.07) is 0. The quantitative estimate of drug-likeness (QED) is 0.0346.